The summed E-state index contributed by atoms with van der Waals surface area (Å²) >= 11 is 0. The smallest absolute Gasteiger partial charge is 0.118 e. The van der Waals surface area contributed by atoms with E-state index >= 15 is 0 Å². The molecular formula is C8H9BO. The zero-order chi connectivity index (χ0) is 7.56. The van der Waals surface area contributed by atoms with Crippen molar-refractivity contribution < 1.29 is 5.11 Å². The van der Waals surface area contributed by atoms with Gasteiger partial charge in [0.05, 0.1) is 7.85 Å². The minimum atomic E-state index is 0.331. The van der Waals surface area contributed by atoms with Crippen molar-refractivity contribution in [3.05, 3.63) is 29.3 Å². The van der Waals surface area contributed by atoms with Crippen molar-refractivity contribution in [2.45, 2.75) is 13.2 Å². The summed E-state index contributed by atoms with van der Waals surface area (Å²) in [5.74, 6) is 0.331. The zero-order valence-corrected chi connectivity index (χ0v) is 5.96. The van der Waals surface area contributed by atoms with Gasteiger partial charge in [-0.2, -0.15) is 0 Å². The number of phenolic OH excluding ortho intramolecular Hbond substituents is 1. The van der Waals surface area contributed by atoms with Gasteiger partial charge < -0.3 is 5.11 Å². The largest absolute Gasteiger partial charge is 0.508 e. The minimum absolute atomic E-state index is 0.331. The number of hydrogen-bond acceptors (Lipinski definition) is 1. The van der Waals surface area contributed by atoms with Crippen molar-refractivity contribution in [1.29, 1.82) is 0 Å². The summed E-state index contributed by atoms with van der Waals surface area (Å²) in [5, 5.41) is 9.10. The van der Waals surface area contributed by atoms with Crippen LogP contribution in [0.4, 0.5) is 0 Å². The fourth-order valence-electron chi connectivity index (χ4n) is 0.845. The zero-order valence-electron chi connectivity index (χ0n) is 5.96. The Bertz CT molecular complexity index is 233. The summed E-state index contributed by atoms with van der Waals surface area (Å²) < 4.78 is 0. The first kappa shape index (κ1) is 7.20. The molecule has 0 bridgehead atoms. The minimum Gasteiger partial charge on any atom is -0.508 e. The van der Waals surface area contributed by atoms with Crippen molar-refractivity contribution in [2.75, 3.05) is 0 Å². The molecule has 0 aromatic heterocycles. The van der Waals surface area contributed by atoms with Crippen LogP contribution in [0, 0.1) is 6.92 Å². The summed E-state index contributed by atoms with van der Waals surface area (Å²) in [5.41, 5.74) is 1.93. The van der Waals surface area contributed by atoms with E-state index in [-0.39, 0.29) is 0 Å². The monoisotopic (exact) mass is 132 g/mol. The molecule has 0 saturated heterocycles. The van der Waals surface area contributed by atoms with Crippen LogP contribution in [-0.4, -0.2) is 13.0 Å². The molecule has 0 aliphatic rings. The van der Waals surface area contributed by atoms with Crippen LogP contribution in [0.5, 0.6) is 5.75 Å². The van der Waals surface area contributed by atoms with Gasteiger partial charge >= 0.3 is 0 Å². The number of hydrogen-bond donors (Lipinski definition) is 1. The molecule has 50 valence electrons. The lowest BCUT2D eigenvalue weighted by atomic mass is 9.96. The van der Waals surface area contributed by atoms with Crippen molar-refractivity contribution >= 4 is 7.85 Å². The molecule has 1 nitrogen and oxygen atoms in total. The van der Waals surface area contributed by atoms with E-state index in [4.69, 9.17) is 13.0 Å². The van der Waals surface area contributed by atoms with Crippen LogP contribution in [0.2, 0.25) is 0 Å². The molecule has 0 amide bonds. The summed E-state index contributed by atoms with van der Waals surface area (Å²) in [6.45, 7) is 1.86. The van der Waals surface area contributed by atoms with Crippen LogP contribution in [-0.2, 0) is 6.32 Å². The van der Waals surface area contributed by atoms with Crippen molar-refractivity contribution in [3.8, 4) is 5.75 Å². The molecule has 0 aliphatic heterocycles. The normalized spacial score (nSPS) is 9.70. The molecule has 0 aliphatic carbocycles. The van der Waals surface area contributed by atoms with Crippen LogP contribution in [0.1, 0.15) is 11.1 Å². The lowest BCUT2D eigenvalue weighted by Crippen LogP contribution is -1.84. The standard InChI is InChI=1S/C8H9BO/c1-6-4-7(5-9)2-3-8(6)10/h2-4,10H,5H2,1H3. The molecule has 0 saturated carbocycles. The van der Waals surface area contributed by atoms with Gasteiger partial charge in [-0.1, -0.05) is 24.0 Å². The highest BCUT2D eigenvalue weighted by molar-refractivity contribution is 6.08. The molecule has 2 heteroatoms. The van der Waals surface area contributed by atoms with E-state index < -0.39 is 0 Å². The van der Waals surface area contributed by atoms with Gasteiger partial charge in [-0.15, -0.1) is 0 Å². The highest BCUT2D eigenvalue weighted by atomic mass is 16.3. The summed E-state index contributed by atoms with van der Waals surface area (Å²) in [6, 6.07) is 5.37. The maximum absolute atomic E-state index is 9.10. The Morgan fingerprint density at radius 3 is 2.70 bits per heavy atom. The SMILES string of the molecule is [B]Cc1ccc(O)c(C)c1. The van der Waals surface area contributed by atoms with Crippen LogP contribution < -0.4 is 0 Å². The molecule has 1 rings (SSSR count). The Kier molecular flexibility index (Phi) is 2.00. The molecule has 2 radical (unpaired) electrons. The van der Waals surface area contributed by atoms with Gasteiger partial charge in [0.25, 0.3) is 0 Å². The summed E-state index contributed by atoms with van der Waals surface area (Å²) in [7, 11) is 5.39. The van der Waals surface area contributed by atoms with Crippen LogP contribution in [0.15, 0.2) is 18.2 Å². The Balaban J connectivity index is 3.04. The van der Waals surface area contributed by atoms with E-state index in [1.165, 1.54) is 0 Å². The predicted molar refractivity (Wildman–Crippen MR) is 42.3 cm³/mol. The average Bonchev–Trinajstić information content (AvgIpc) is 1.95. The molecule has 0 spiro atoms. The molecule has 0 fully saturated rings. The third kappa shape index (κ3) is 1.32. The van der Waals surface area contributed by atoms with Gasteiger partial charge in [0.1, 0.15) is 5.75 Å². The Morgan fingerprint density at radius 1 is 1.50 bits per heavy atom. The number of benzene rings is 1. The maximum Gasteiger partial charge on any atom is 0.118 e. The van der Waals surface area contributed by atoms with Gasteiger partial charge in [0.2, 0.25) is 0 Å². The highest BCUT2D eigenvalue weighted by Gasteiger charge is 1.94. The first-order valence-electron chi connectivity index (χ1n) is 3.22. The molecule has 1 N–H and O–H groups in total. The van der Waals surface area contributed by atoms with E-state index in [1.54, 1.807) is 6.07 Å². The summed E-state index contributed by atoms with van der Waals surface area (Å²) in [4.78, 5) is 0. The average molecular weight is 132 g/mol. The summed E-state index contributed by atoms with van der Waals surface area (Å²) in [6.07, 6.45) is 0.529. The van der Waals surface area contributed by atoms with Gasteiger partial charge in [-0.3, -0.25) is 0 Å². The van der Waals surface area contributed by atoms with Crippen LogP contribution in [0.3, 0.4) is 0 Å². The molecular weight excluding hydrogens is 123 g/mol. The second-order valence-corrected chi connectivity index (χ2v) is 2.32. The van der Waals surface area contributed by atoms with Crippen molar-refractivity contribution in [2.24, 2.45) is 0 Å². The Labute approximate surface area is 62.1 Å². The topological polar surface area (TPSA) is 20.2 Å². The van der Waals surface area contributed by atoms with Crippen LogP contribution in [0.25, 0.3) is 0 Å². The third-order valence-electron chi connectivity index (χ3n) is 1.50. The number of aryl methyl sites for hydroxylation is 1. The number of phenols is 1. The lowest BCUT2D eigenvalue weighted by Gasteiger charge is -2.00. The molecule has 0 heterocycles. The molecule has 1 aromatic rings. The van der Waals surface area contributed by atoms with E-state index in [0.29, 0.717) is 12.1 Å². The third-order valence-corrected chi connectivity index (χ3v) is 1.50. The van der Waals surface area contributed by atoms with Gasteiger partial charge in [-0.25, -0.2) is 0 Å². The quantitative estimate of drug-likeness (QED) is 0.572. The van der Waals surface area contributed by atoms with E-state index in [1.807, 2.05) is 19.1 Å². The van der Waals surface area contributed by atoms with Gasteiger partial charge in [-0.05, 0) is 18.6 Å². The second kappa shape index (κ2) is 2.78. The van der Waals surface area contributed by atoms with E-state index in [0.717, 1.165) is 11.1 Å². The lowest BCUT2D eigenvalue weighted by molar-refractivity contribution is 0.471. The Morgan fingerprint density at radius 2 is 2.20 bits per heavy atom. The number of aromatic hydroxyl groups is 1. The maximum atomic E-state index is 9.10. The van der Waals surface area contributed by atoms with E-state index in [9.17, 15) is 0 Å². The highest BCUT2D eigenvalue weighted by Crippen LogP contribution is 2.16. The first-order chi connectivity index (χ1) is 4.74. The second-order valence-electron chi connectivity index (χ2n) is 2.32. The van der Waals surface area contributed by atoms with E-state index in [2.05, 4.69) is 0 Å². The molecule has 0 atom stereocenters. The number of rotatable bonds is 1. The Hall–Kier alpha value is -0.915. The van der Waals surface area contributed by atoms with Crippen molar-refractivity contribution in [1.82, 2.24) is 0 Å². The van der Waals surface area contributed by atoms with Crippen LogP contribution >= 0.6 is 0 Å². The van der Waals surface area contributed by atoms with Crippen molar-refractivity contribution in [3.63, 3.8) is 0 Å². The first-order valence-corrected chi connectivity index (χ1v) is 3.22. The molecule has 1 aromatic carbocycles. The fourth-order valence-corrected chi connectivity index (χ4v) is 0.845. The predicted octanol–water partition coefficient (Wildman–Crippen LogP) is 1.37. The van der Waals surface area contributed by atoms with Gasteiger partial charge in [0.15, 0.2) is 0 Å². The molecule has 0 unspecified atom stereocenters. The van der Waals surface area contributed by atoms with Gasteiger partial charge in [0, 0.05) is 0 Å². The fraction of sp³-hybridized carbons (Fsp3) is 0.250. The molecule has 10 heavy (non-hydrogen) atoms.